The lowest BCUT2D eigenvalue weighted by Gasteiger charge is -2.16. The predicted octanol–water partition coefficient (Wildman–Crippen LogP) is 2.55. The second kappa shape index (κ2) is 6.06. The van der Waals surface area contributed by atoms with E-state index in [2.05, 4.69) is 5.32 Å². The summed E-state index contributed by atoms with van der Waals surface area (Å²) in [7, 11) is 0. The third-order valence-corrected chi connectivity index (χ3v) is 2.64. The summed E-state index contributed by atoms with van der Waals surface area (Å²) in [5.74, 6) is -0.916. The van der Waals surface area contributed by atoms with Gasteiger partial charge in [0.05, 0.1) is 12.2 Å². The van der Waals surface area contributed by atoms with Gasteiger partial charge >= 0.3 is 6.18 Å². The number of rotatable bonds is 4. The number of hydrogen-bond acceptors (Lipinski definition) is 2. The Balaban J connectivity index is 3.15. The molecule has 1 rings (SSSR count). The van der Waals surface area contributed by atoms with Crippen molar-refractivity contribution in [3.05, 3.63) is 34.9 Å². The van der Waals surface area contributed by atoms with Crippen LogP contribution in [0.2, 0.25) is 0 Å². The van der Waals surface area contributed by atoms with Crippen LogP contribution in [-0.4, -0.2) is 24.2 Å². The van der Waals surface area contributed by atoms with Crippen molar-refractivity contribution >= 4 is 5.91 Å². The molecule has 6 heteroatoms. The number of nitrogens with one attached hydrogen (secondary N) is 1. The van der Waals surface area contributed by atoms with Crippen LogP contribution in [0.5, 0.6) is 0 Å². The molecule has 0 atom stereocenters. The van der Waals surface area contributed by atoms with Crippen LogP contribution in [0.4, 0.5) is 13.2 Å². The van der Waals surface area contributed by atoms with Crippen molar-refractivity contribution in [1.29, 1.82) is 0 Å². The summed E-state index contributed by atoms with van der Waals surface area (Å²) in [6, 6.07) is 3.53. The Hall–Kier alpha value is -1.56. The van der Waals surface area contributed by atoms with E-state index < -0.39 is 17.6 Å². The molecule has 0 spiro atoms. The fourth-order valence-electron chi connectivity index (χ4n) is 1.72. The molecule has 2 N–H and O–H groups in total. The van der Waals surface area contributed by atoms with Crippen LogP contribution in [0.3, 0.4) is 0 Å². The summed E-state index contributed by atoms with van der Waals surface area (Å²) in [5.41, 5.74) is -0.699. The number of aliphatic hydroxyl groups excluding tert-OH is 1. The van der Waals surface area contributed by atoms with Crippen LogP contribution >= 0.6 is 0 Å². The van der Waals surface area contributed by atoms with Crippen LogP contribution in [0.15, 0.2) is 18.2 Å². The molecule has 0 radical (unpaired) electrons. The van der Waals surface area contributed by atoms with E-state index in [1.54, 1.807) is 13.8 Å². The van der Waals surface area contributed by atoms with Crippen molar-refractivity contribution in [2.45, 2.75) is 25.9 Å². The smallest absolute Gasteiger partial charge is 0.395 e. The van der Waals surface area contributed by atoms with Crippen LogP contribution < -0.4 is 5.32 Å². The maximum atomic E-state index is 12.9. The number of benzene rings is 1. The Morgan fingerprint density at radius 3 is 2.47 bits per heavy atom. The molecule has 1 amide bonds. The van der Waals surface area contributed by atoms with E-state index in [1.165, 1.54) is 12.1 Å². The first-order valence-corrected chi connectivity index (χ1v) is 5.87. The molecule has 1 aromatic rings. The van der Waals surface area contributed by atoms with Crippen LogP contribution in [0.1, 0.15) is 41.3 Å². The molecule has 0 unspecified atom stereocenters. The lowest BCUT2D eigenvalue weighted by atomic mass is 9.94. The molecular weight excluding hydrogens is 259 g/mol. The molecule has 0 saturated heterocycles. The zero-order valence-corrected chi connectivity index (χ0v) is 10.7. The normalized spacial score (nSPS) is 11.7. The maximum Gasteiger partial charge on any atom is 0.416 e. The van der Waals surface area contributed by atoms with Crippen molar-refractivity contribution in [2.75, 3.05) is 13.2 Å². The minimum Gasteiger partial charge on any atom is -0.395 e. The highest BCUT2D eigenvalue weighted by Gasteiger charge is 2.34. The van der Waals surface area contributed by atoms with Gasteiger partial charge in [0.1, 0.15) is 0 Å². The number of carbonyl (C=O) groups excluding carboxylic acids is 1. The third kappa shape index (κ3) is 3.96. The first-order valence-electron chi connectivity index (χ1n) is 5.87. The average Bonchev–Trinajstić information content (AvgIpc) is 2.34. The van der Waals surface area contributed by atoms with E-state index in [1.807, 2.05) is 0 Å². The van der Waals surface area contributed by atoms with E-state index in [-0.39, 0.29) is 30.2 Å². The lowest BCUT2D eigenvalue weighted by Crippen LogP contribution is -2.27. The molecule has 0 aromatic heterocycles. The van der Waals surface area contributed by atoms with Gasteiger partial charge in [0.2, 0.25) is 0 Å². The van der Waals surface area contributed by atoms with E-state index in [9.17, 15) is 18.0 Å². The number of halogens is 3. The van der Waals surface area contributed by atoms with Crippen molar-refractivity contribution in [2.24, 2.45) is 0 Å². The predicted molar refractivity (Wildman–Crippen MR) is 65.0 cm³/mol. The second-order valence-electron chi connectivity index (χ2n) is 4.43. The first kappa shape index (κ1) is 15.5. The maximum absolute atomic E-state index is 12.9. The second-order valence-corrected chi connectivity index (χ2v) is 4.43. The molecular formula is C13H16F3NO2. The van der Waals surface area contributed by atoms with Gasteiger partial charge in [-0.25, -0.2) is 0 Å². The Kier molecular flexibility index (Phi) is 4.94. The SMILES string of the molecule is CC(C)c1ccc(C(=O)NCCO)cc1C(F)(F)F. The molecule has 0 aliphatic rings. The zero-order valence-electron chi connectivity index (χ0n) is 10.7. The molecule has 19 heavy (non-hydrogen) atoms. The number of carbonyl (C=O) groups is 1. The van der Waals surface area contributed by atoms with Crippen LogP contribution in [-0.2, 0) is 6.18 Å². The summed E-state index contributed by atoms with van der Waals surface area (Å²) in [5, 5.41) is 10.9. The molecule has 0 bridgehead atoms. The number of hydrogen-bond donors (Lipinski definition) is 2. The Morgan fingerprint density at radius 1 is 1.37 bits per heavy atom. The minimum atomic E-state index is -4.49. The van der Waals surface area contributed by atoms with Crippen molar-refractivity contribution in [3.63, 3.8) is 0 Å². The molecule has 0 heterocycles. The van der Waals surface area contributed by atoms with Crippen molar-refractivity contribution in [1.82, 2.24) is 5.32 Å². The van der Waals surface area contributed by atoms with Crippen LogP contribution in [0.25, 0.3) is 0 Å². The topological polar surface area (TPSA) is 49.3 Å². The Bertz CT molecular complexity index is 456. The summed E-state index contributed by atoms with van der Waals surface area (Å²) < 4.78 is 38.8. The summed E-state index contributed by atoms with van der Waals surface area (Å²) in [4.78, 5) is 11.6. The van der Waals surface area contributed by atoms with E-state index in [0.29, 0.717) is 0 Å². The van der Waals surface area contributed by atoms with Crippen LogP contribution in [0, 0.1) is 0 Å². The molecule has 106 valence electrons. The number of alkyl halides is 3. The largest absolute Gasteiger partial charge is 0.416 e. The molecule has 0 aliphatic heterocycles. The van der Waals surface area contributed by atoms with Gasteiger partial charge in [0.15, 0.2) is 0 Å². The van der Waals surface area contributed by atoms with E-state index in [0.717, 1.165) is 6.07 Å². The standard InChI is InChI=1S/C13H16F3NO2/c1-8(2)10-4-3-9(12(19)17-5-6-18)7-11(10)13(14,15)16/h3-4,7-8,18H,5-6H2,1-2H3,(H,17,19). The molecule has 3 nitrogen and oxygen atoms in total. The highest BCUT2D eigenvalue weighted by Crippen LogP contribution is 2.35. The molecule has 0 aliphatic carbocycles. The monoisotopic (exact) mass is 275 g/mol. The molecule has 0 saturated carbocycles. The van der Waals surface area contributed by atoms with Gasteiger partial charge in [0, 0.05) is 12.1 Å². The van der Waals surface area contributed by atoms with Gasteiger partial charge in [-0.1, -0.05) is 19.9 Å². The van der Waals surface area contributed by atoms with Gasteiger partial charge in [-0.05, 0) is 23.6 Å². The lowest BCUT2D eigenvalue weighted by molar-refractivity contribution is -0.138. The Labute approximate surface area is 109 Å². The summed E-state index contributed by atoms with van der Waals surface area (Å²) >= 11 is 0. The zero-order chi connectivity index (χ0) is 14.6. The van der Waals surface area contributed by atoms with E-state index in [4.69, 9.17) is 5.11 Å². The molecule has 1 aromatic carbocycles. The fourth-order valence-corrected chi connectivity index (χ4v) is 1.72. The van der Waals surface area contributed by atoms with Crippen molar-refractivity contribution in [3.8, 4) is 0 Å². The highest BCUT2D eigenvalue weighted by atomic mass is 19.4. The van der Waals surface area contributed by atoms with E-state index >= 15 is 0 Å². The summed E-state index contributed by atoms with van der Waals surface area (Å²) in [6.45, 7) is 3.07. The number of amides is 1. The first-order chi connectivity index (χ1) is 8.77. The highest BCUT2D eigenvalue weighted by molar-refractivity contribution is 5.94. The minimum absolute atomic E-state index is 0.00607. The molecule has 0 fully saturated rings. The third-order valence-electron chi connectivity index (χ3n) is 2.64. The van der Waals surface area contributed by atoms with Gasteiger partial charge in [-0.2, -0.15) is 13.2 Å². The Morgan fingerprint density at radius 2 is 2.00 bits per heavy atom. The van der Waals surface area contributed by atoms with Gasteiger partial charge in [-0.15, -0.1) is 0 Å². The number of aliphatic hydroxyl groups is 1. The average molecular weight is 275 g/mol. The quantitative estimate of drug-likeness (QED) is 0.887. The van der Waals surface area contributed by atoms with Gasteiger partial charge in [0.25, 0.3) is 5.91 Å². The van der Waals surface area contributed by atoms with Gasteiger partial charge < -0.3 is 10.4 Å². The summed E-state index contributed by atoms with van der Waals surface area (Å²) in [6.07, 6.45) is -4.49. The fraction of sp³-hybridized carbons (Fsp3) is 0.462. The van der Waals surface area contributed by atoms with Gasteiger partial charge in [-0.3, -0.25) is 4.79 Å². The van der Waals surface area contributed by atoms with Crippen molar-refractivity contribution < 1.29 is 23.1 Å².